The van der Waals surface area contributed by atoms with Gasteiger partial charge in [0, 0.05) is 35.3 Å². The number of benzene rings is 2. The zero-order valence-electron chi connectivity index (χ0n) is 24.5. The van der Waals surface area contributed by atoms with Gasteiger partial charge >= 0.3 is 0 Å². The maximum absolute atomic E-state index is 14.0. The molecule has 0 aliphatic carbocycles. The Hall–Kier alpha value is -4.13. The number of pyridine rings is 2. The van der Waals surface area contributed by atoms with Crippen LogP contribution in [0.2, 0.25) is 20.2 Å². The van der Waals surface area contributed by atoms with E-state index >= 15 is 0 Å². The van der Waals surface area contributed by atoms with Crippen LogP contribution in [0.5, 0.6) is 11.6 Å². The first-order valence-electron chi connectivity index (χ1n) is 13.1. The number of methoxy groups -OCH3 is 2. The molecule has 0 aliphatic rings. The number of aromatic nitrogens is 4. The van der Waals surface area contributed by atoms with Crippen LogP contribution < -0.4 is 18.9 Å². The SMILES string of the molecule is COc1nc(NS(=O)(=O)c2c[nH]c3c(OC)c(Cl)ccc23)c(F)cc1Cl.O=S(=O)(Nc1cc(F)c(Cl)cc1F)c1c[nH]c2nc(Cl)ccc12. The van der Waals surface area contributed by atoms with E-state index in [0.29, 0.717) is 33.8 Å². The summed E-state index contributed by atoms with van der Waals surface area (Å²) in [6.07, 6.45) is 2.43. The molecule has 0 atom stereocenters. The fourth-order valence-electron chi connectivity index (χ4n) is 4.37. The second-order valence-electron chi connectivity index (χ2n) is 9.61. The number of H-pyrrole nitrogens is 2. The fourth-order valence-corrected chi connectivity index (χ4v) is 7.52. The van der Waals surface area contributed by atoms with Gasteiger partial charge in [0.05, 0.1) is 35.5 Å². The minimum absolute atomic E-state index is 0.0839. The predicted octanol–water partition coefficient (Wildman–Crippen LogP) is 7.78. The van der Waals surface area contributed by atoms with Gasteiger partial charge in [0.25, 0.3) is 20.0 Å². The highest BCUT2D eigenvalue weighted by Crippen LogP contribution is 2.36. The molecule has 2 aromatic carbocycles. The Morgan fingerprint density at radius 1 is 0.694 bits per heavy atom. The molecule has 0 saturated carbocycles. The summed E-state index contributed by atoms with van der Waals surface area (Å²) in [5.41, 5.74) is 0.0892. The Balaban J connectivity index is 0.000000192. The van der Waals surface area contributed by atoms with E-state index in [2.05, 4.69) is 24.7 Å². The van der Waals surface area contributed by atoms with Gasteiger partial charge in [-0.1, -0.05) is 46.4 Å². The standard InChI is InChI=1S/C15H12Cl2FN3O4S.C13H7Cl2F2N3O2S/c1-24-13-8(16)4-3-7-11(6-19-12(7)13)26(22,23)21-14-10(18)5-9(17)15(20-14)25-2;14-7-3-9(17)10(4-8(7)16)20-23(21,22)11-5-18-13-6(11)1-2-12(15)19-13/h3-6,19H,1-2H3,(H,20,21);1-5,20H,(H,18,19). The van der Waals surface area contributed by atoms with Crippen LogP contribution in [0.3, 0.4) is 0 Å². The van der Waals surface area contributed by atoms with Gasteiger partial charge in [0.2, 0.25) is 5.88 Å². The molecule has 0 amide bonds. The summed E-state index contributed by atoms with van der Waals surface area (Å²) in [5.74, 6) is -3.25. The lowest BCUT2D eigenvalue weighted by molar-refractivity contribution is 0.397. The largest absolute Gasteiger partial charge is 0.493 e. The van der Waals surface area contributed by atoms with Crippen molar-refractivity contribution in [3.63, 3.8) is 0 Å². The number of nitrogens with zero attached hydrogens (tertiary/aromatic N) is 2. The molecule has 6 aromatic rings. The first kappa shape index (κ1) is 36.2. The van der Waals surface area contributed by atoms with Gasteiger partial charge < -0.3 is 19.4 Å². The van der Waals surface area contributed by atoms with E-state index in [1.807, 2.05) is 4.72 Å². The molecule has 0 spiro atoms. The van der Waals surface area contributed by atoms with Crippen LogP contribution in [0.4, 0.5) is 24.7 Å². The highest BCUT2D eigenvalue weighted by atomic mass is 35.5. The Labute approximate surface area is 295 Å². The Bertz CT molecular complexity index is 2460. The van der Waals surface area contributed by atoms with E-state index in [0.717, 1.165) is 6.07 Å². The van der Waals surface area contributed by atoms with Crippen LogP contribution in [0.25, 0.3) is 21.9 Å². The number of hydrogen-bond donors (Lipinski definition) is 4. The van der Waals surface area contributed by atoms with E-state index < -0.39 is 54.0 Å². The predicted molar refractivity (Wildman–Crippen MR) is 180 cm³/mol. The van der Waals surface area contributed by atoms with Gasteiger partial charge in [-0.25, -0.2) is 35.0 Å². The molecule has 21 heteroatoms. The molecule has 0 unspecified atom stereocenters. The van der Waals surface area contributed by atoms with Crippen LogP contribution in [0.1, 0.15) is 0 Å². The van der Waals surface area contributed by atoms with E-state index in [1.54, 1.807) is 0 Å². The second kappa shape index (κ2) is 14.0. The van der Waals surface area contributed by atoms with E-state index in [4.69, 9.17) is 55.9 Å². The third-order valence-corrected chi connectivity index (χ3v) is 10.4. The molecule has 12 nitrogen and oxygen atoms in total. The third-order valence-electron chi connectivity index (χ3n) is 6.55. The number of ether oxygens (including phenoxy) is 2. The van der Waals surface area contributed by atoms with Crippen molar-refractivity contribution in [2.75, 3.05) is 23.7 Å². The smallest absolute Gasteiger partial charge is 0.265 e. The van der Waals surface area contributed by atoms with Crippen LogP contribution in [-0.2, 0) is 20.0 Å². The zero-order valence-corrected chi connectivity index (χ0v) is 29.2. The van der Waals surface area contributed by atoms with Crippen LogP contribution in [-0.4, -0.2) is 51.0 Å². The Morgan fingerprint density at radius 3 is 2.02 bits per heavy atom. The maximum Gasteiger partial charge on any atom is 0.265 e. The molecule has 49 heavy (non-hydrogen) atoms. The number of nitrogens with one attached hydrogen (secondary N) is 4. The van der Waals surface area contributed by atoms with Gasteiger partial charge in [-0.3, -0.25) is 9.44 Å². The summed E-state index contributed by atoms with van der Waals surface area (Å²) < 4.78 is 106. The number of hydrogen-bond acceptors (Lipinski definition) is 8. The molecule has 0 radical (unpaired) electrons. The van der Waals surface area contributed by atoms with E-state index in [-0.39, 0.29) is 36.9 Å². The molecule has 4 aromatic heterocycles. The van der Waals surface area contributed by atoms with Gasteiger partial charge in [-0.2, -0.15) is 4.98 Å². The van der Waals surface area contributed by atoms with Crippen LogP contribution >= 0.6 is 46.4 Å². The fraction of sp³-hybridized carbons (Fsp3) is 0.0714. The van der Waals surface area contributed by atoms with Crippen molar-refractivity contribution < 1.29 is 39.5 Å². The van der Waals surface area contributed by atoms with Crippen molar-refractivity contribution in [2.24, 2.45) is 0 Å². The van der Waals surface area contributed by atoms with Crippen molar-refractivity contribution in [3.05, 3.63) is 92.5 Å². The summed E-state index contributed by atoms with van der Waals surface area (Å²) in [7, 11) is -5.66. The molecule has 0 bridgehead atoms. The van der Waals surface area contributed by atoms with Crippen molar-refractivity contribution in [1.29, 1.82) is 0 Å². The summed E-state index contributed by atoms with van der Waals surface area (Å²) in [6, 6.07) is 8.14. The number of anilines is 2. The summed E-state index contributed by atoms with van der Waals surface area (Å²) in [4.78, 5) is 12.8. The normalized spacial score (nSPS) is 11.7. The molecule has 4 N–H and O–H groups in total. The molecular formula is C28H19Cl4F3N6O6S2. The van der Waals surface area contributed by atoms with E-state index in [1.165, 1.54) is 50.9 Å². The van der Waals surface area contributed by atoms with Crippen LogP contribution in [0.15, 0.2) is 64.6 Å². The summed E-state index contributed by atoms with van der Waals surface area (Å²) >= 11 is 22.9. The maximum atomic E-state index is 14.0. The highest BCUT2D eigenvalue weighted by Gasteiger charge is 2.25. The summed E-state index contributed by atoms with van der Waals surface area (Å²) in [5, 5.41) is 0.545. The molecule has 6 rings (SSSR count). The molecule has 4 heterocycles. The Kier molecular flexibility index (Phi) is 10.3. The zero-order chi connectivity index (χ0) is 35.8. The third kappa shape index (κ3) is 7.41. The van der Waals surface area contributed by atoms with Crippen molar-refractivity contribution >= 4 is 99.9 Å². The van der Waals surface area contributed by atoms with Gasteiger partial charge in [-0.15, -0.1) is 0 Å². The highest BCUT2D eigenvalue weighted by molar-refractivity contribution is 7.93. The molecular weight excluding hydrogens is 779 g/mol. The molecule has 0 aliphatic heterocycles. The lowest BCUT2D eigenvalue weighted by Crippen LogP contribution is -2.15. The summed E-state index contributed by atoms with van der Waals surface area (Å²) in [6.45, 7) is 0. The van der Waals surface area contributed by atoms with Gasteiger partial charge in [0.15, 0.2) is 17.4 Å². The minimum atomic E-state index is -4.18. The number of fused-ring (bicyclic) bond motifs is 2. The number of halogens is 7. The van der Waals surface area contributed by atoms with Crippen LogP contribution in [0, 0.1) is 17.5 Å². The van der Waals surface area contributed by atoms with E-state index in [9.17, 15) is 30.0 Å². The number of sulfonamides is 2. The second-order valence-corrected chi connectivity index (χ2v) is 14.5. The quantitative estimate of drug-likeness (QED) is 0.0895. The number of rotatable bonds is 8. The first-order valence-corrected chi connectivity index (χ1v) is 17.6. The molecule has 0 saturated heterocycles. The molecule has 0 fully saturated rings. The lowest BCUT2D eigenvalue weighted by Gasteiger charge is -2.10. The van der Waals surface area contributed by atoms with Gasteiger partial charge in [0.1, 0.15) is 37.2 Å². The Morgan fingerprint density at radius 2 is 1.33 bits per heavy atom. The van der Waals surface area contributed by atoms with Crippen molar-refractivity contribution in [3.8, 4) is 11.6 Å². The average molecular weight is 798 g/mol. The lowest BCUT2D eigenvalue weighted by atomic mass is 10.2. The monoisotopic (exact) mass is 796 g/mol. The van der Waals surface area contributed by atoms with Gasteiger partial charge in [-0.05, 0) is 30.3 Å². The first-order chi connectivity index (χ1) is 23.1. The van der Waals surface area contributed by atoms with Crippen molar-refractivity contribution in [1.82, 2.24) is 19.9 Å². The number of aromatic amines is 2. The van der Waals surface area contributed by atoms with Crippen molar-refractivity contribution in [2.45, 2.75) is 9.79 Å². The average Bonchev–Trinajstić information content (AvgIpc) is 3.67. The minimum Gasteiger partial charge on any atom is -0.493 e. The molecule has 258 valence electrons. The topological polar surface area (TPSA) is 168 Å².